The third-order valence-corrected chi connectivity index (χ3v) is 2.03. The average molecular weight is 188 g/mol. The van der Waals surface area contributed by atoms with E-state index in [-0.39, 0.29) is 11.8 Å². The zero-order valence-electron chi connectivity index (χ0n) is 8.42. The van der Waals surface area contributed by atoms with Crippen LogP contribution in [0.4, 0.5) is 0 Å². The van der Waals surface area contributed by atoms with Crippen LogP contribution >= 0.6 is 0 Å². The monoisotopic (exact) mass is 188 g/mol. The Bertz CT molecular complexity index is 151. The number of hydrogen-bond acceptors (Lipinski definition) is 3. The number of amides is 1. The van der Waals surface area contributed by atoms with E-state index >= 15 is 0 Å². The van der Waals surface area contributed by atoms with E-state index in [1.54, 1.807) is 0 Å². The van der Waals surface area contributed by atoms with Crippen LogP contribution in [0.5, 0.6) is 0 Å². The fourth-order valence-electron chi connectivity index (χ4n) is 0.918. The van der Waals surface area contributed by atoms with Crippen molar-refractivity contribution < 1.29 is 9.90 Å². The first kappa shape index (κ1) is 12.4. The van der Waals surface area contributed by atoms with E-state index in [4.69, 9.17) is 5.73 Å². The minimum Gasteiger partial charge on any atom is -0.391 e. The van der Waals surface area contributed by atoms with Gasteiger partial charge in [-0.05, 0) is 19.4 Å². The Morgan fingerprint density at radius 1 is 1.62 bits per heavy atom. The third kappa shape index (κ3) is 5.60. The van der Waals surface area contributed by atoms with Gasteiger partial charge in [-0.1, -0.05) is 13.8 Å². The molecule has 2 atom stereocenters. The molecule has 1 amide bonds. The third-order valence-electron chi connectivity index (χ3n) is 2.03. The van der Waals surface area contributed by atoms with Gasteiger partial charge in [0.05, 0.1) is 6.10 Å². The Labute approximate surface area is 79.5 Å². The van der Waals surface area contributed by atoms with Crippen molar-refractivity contribution in [1.82, 2.24) is 5.32 Å². The largest absolute Gasteiger partial charge is 0.391 e. The van der Waals surface area contributed by atoms with Crippen LogP contribution in [-0.4, -0.2) is 30.2 Å². The van der Waals surface area contributed by atoms with E-state index in [0.29, 0.717) is 25.9 Å². The molecule has 0 saturated carbocycles. The quantitative estimate of drug-likeness (QED) is 0.543. The number of hydrogen-bond donors (Lipinski definition) is 3. The molecule has 2 unspecified atom stereocenters. The lowest BCUT2D eigenvalue weighted by atomic mass is 10.1. The highest BCUT2D eigenvalue weighted by atomic mass is 16.3. The van der Waals surface area contributed by atoms with Gasteiger partial charge in [0.25, 0.3) is 0 Å². The topological polar surface area (TPSA) is 75.3 Å². The number of aliphatic hydroxyl groups excluding tert-OH is 1. The van der Waals surface area contributed by atoms with Crippen LogP contribution in [-0.2, 0) is 4.79 Å². The number of rotatable bonds is 6. The molecule has 78 valence electrons. The Hall–Kier alpha value is -0.610. The van der Waals surface area contributed by atoms with Crippen molar-refractivity contribution in [3.63, 3.8) is 0 Å². The molecule has 0 bridgehead atoms. The maximum atomic E-state index is 11.3. The molecule has 0 aromatic carbocycles. The molecular formula is C9H20N2O2. The van der Waals surface area contributed by atoms with Gasteiger partial charge in [-0.3, -0.25) is 4.79 Å². The SMILES string of the molecule is CCC(O)CNC(=O)C(C)CCN. The summed E-state index contributed by atoms with van der Waals surface area (Å²) >= 11 is 0. The van der Waals surface area contributed by atoms with Crippen molar-refractivity contribution in [3.05, 3.63) is 0 Å². The lowest BCUT2D eigenvalue weighted by molar-refractivity contribution is -0.125. The van der Waals surface area contributed by atoms with Crippen LogP contribution in [0.1, 0.15) is 26.7 Å². The molecule has 0 aliphatic rings. The smallest absolute Gasteiger partial charge is 0.222 e. The predicted molar refractivity (Wildman–Crippen MR) is 52.1 cm³/mol. The summed E-state index contributed by atoms with van der Waals surface area (Å²) in [5, 5.41) is 11.9. The second-order valence-corrected chi connectivity index (χ2v) is 3.29. The zero-order valence-corrected chi connectivity index (χ0v) is 8.42. The maximum absolute atomic E-state index is 11.3. The maximum Gasteiger partial charge on any atom is 0.222 e. The predicted octanol–water partition coefficient (Wildman–Crippen LogP) is -0.142. The van der Waals surface area contributed by atoms with E-state index in [1.165, 1.54) is 0 Å². The van der Waals surface area contributed by atoms with Crippen molar-refractivity contribution in [1.29, 1.82) is 0 Å². The van der Waals surface area contributed by atoms with Crippen molar-refractivity contribution in [3.8, 4) is 0 Å². The molecule has 0 aliphatic heterocycles. The summed E-state index contributed by atoms with van der Waals surface area (Å²) in [4.78, 5) is 11.3. The first-order chi connectivity index (χ1) is 6.11. The van der Waals surface area contributed by atoms with Gasteiger partial charge in [0.2, 0.25) is 5.91 Å². The summed E-state index contributed by atoms with van der Waals surface area (Å²) in [5.41, 5.74) is 5.32. The molecule has 4 nitrogen and oxygen atoms in total. The minimum absolute atomic E-state index is 0.0297. The van der Waals surface area contributed by atoms with Gasteiger partial charge < -0.3 is 16.2 Å². The zero-order chi connectivity index (χ0) is 10.3. The van der Waals surface area contributed by atoms with E-state index in [9.17, 15) is 9.90 Å². The fourth-order valence-corrected chi connectivity index (χ4v) is 0.918. The lowest BCUT2D eigenvalue weighted by Crippen LogP contribution is -2.35. The lowest BCUT2D eigenvalue weighted by Gasteiger charge is -2.13. The Kier molecular flexibility index (Phi) is 6.54. The standard InChI is InChI=1S/C9H20N2O2/c1-3-8(12)6-11-9(13)7(2)4-5-10/h7-8,12H,3-6,10H2,1-2H3,(H,11,13). The molecule has 0 radical (unpaired) electrons. The number of carbonyl (C=O) groups is 1. The summed E-state index contributed by atoms with van der Waals surface area (Å²) in [6.07, 6.45) is 0.911. The molecule has 0 heterocycles. The van der Waals surface area contributed by atoms with Gasteiger partial charge in [-0.2, -0.15) is 0 Å². The van der Waals surface area contributed by atoms with Crippen LogP contribution in [0.25, 0.3) is 0 Å². The molecule has 0 spiro atoms. The summed E-state index contributed by atoms with van der Waals surface area (Å²) in [7, 11) is 0. The highest BCUT2D eigenvalue weighted by Crippen LogP contribution is 1.99. The molecular weight excluding hydrogens is 168 g/mol. The molecule has 0 aromatic rings. The van der Waals surface area contributed by atoms with Gasteiger partial charge in [0, 0.05) is 12.5 Å². The van der Waals surface area contributed by atoms with Crippen molar-refractivity contribution >= 4 is 5.91 Å². The first-order valence-corrected chi connectivity index (χ1v) is 4.77. The Morgan fingerprint density at radius 3 is 2.69 bits per heavy atom. The van der Waals surface area contributed by atoms with Crippen LogP contribution in [0, 0.1) is 5.92 Å². The molecule has 0 aromatic heterocycles. The van der Waals surface area contributed by atoms with Gasteiger partial charge in [-0.25, -0.2) is 0 Å². The van der Waals surface area contributed by atoms with E-state index < -0.39 is 6.10 Å². The molecule has 13 heavy (non-hydrogen) atoms. The van der Waals surface area contributed by atoms with Gasteiger partial charge in [0.15, 0.2) is 0 Å². The molecule has 0 fully saturated rings. The summed E-state index contributed by atoms with van der Waals surface area (Å²) in [6.45, 7) is 4.57. The Balaban J connectivity index is 3.61. The van der Waals surface area contributed by atoms with Crippen LogP contribution in [0.15, 0.2) is 0 Å². The molecule has 4 N–H and O–H groups in total. The Morgan fingerprint density at radius 2 is 2.23 bits per heavy atom. The number of carbonyl (C=O) groups excluding carboxylic acids is 1. The van der Waals surface area contributed by atoms with E-state index in [0.717, 1.165) is 0 Å². The van der Waals surface area contributed by atoms with Crippen molar-refractivity contribution in [2.24, 2.45) is 11.7 Å². The summed E-state index contributed by atoms with van der Waals surface area (Å²) in [6, 6.07) is 0. The summed E-state index contributed by atoms with van der Waals surface area (Å²) in [5.74, 6) is -0.0907. The van der Waals surface area contributed by atoms with Gasteiger partial charge in [-0.15, -0.1) is 0 Å². The highest BCUT2D eigenvalue weighted by molar-refractivity contribution is 5.78. The van der Waals surface area contributed by atoms with Crippen LogP contribution in [0.3, 0.4) is 0 Å². The van der Waals surface area contributed by atoms with Crippen LogP contribution in [0.2, 0.25) is 0 Å². The first-order valence-electron chi connectivity index (χ1n) is 4.77. The second kappa shape index (κ2) is 6.86. The summed E-state index contributed by atoms with van der Waals surface area (Å²) < 4.78 is 0. The van der Waals surface area contributed by atoms with Crippen molar-refractivity contribution in [2.45, 2.75) is 32.8 Å². The second-order valence-electron chi connectivity index (χ2n) is 3.29. The average Bonchev–Trinajstić information content (AvgIpc) is 2.13. The number of nitrogens with one attached hydrogen (secondary N) is 1. The molecule has 4 heteroatoms. The van der Waals surface area contributed by atoms with Crippen LogP contribution < -0.4 is 11.1 Å². The minimum atomic E-state index is -0.436. The molecule has 0 rings (SSSR count). The normalized spacial score (nSPS) is 15.1. The van der Waals surface area contributed by atoms with E-state index in [2.05, 4.69) is 5.32 Å². The van der Waals surface area contributed by atoms with Gasteiger partial charge >= 0.3 is 0 Å². The number of aliphatic hydroxyl groups is 1. The molecule has 0 saturated heterocycles. The van der Waals surface area contributed by atoms with Gasteiger partial charge in [0.1, 0.15) is 0 Å². The van der Waals surface area contributed by atoms with E-state index in [1.807, 2.05) is 13.8 Å². The molecule has 0 aliphatic carbocycles. The number of nitrogens with two attached hydrogens (primary N) is 1. The highest BCUT2D eigenvalue weighted by Gasteiger charge is 2.12. The van der Waals surface area contributed by atoms with Crippen molar-refractivity contribution in [2.75, 3.05) is 13.1 Å². The fraction of sp³-hybridized carbons (Fsp3) is 0.889.